The predicted molar refractivity (Wildman–Crippen MR) is 93.5 cm³/mol. The molecule has 1 aromatic carbocycles. The topological polar surface area (TPSA) is 62.6 Å². The summed E-state index contributed by atoms with van der Waals surface area (Å²) in [5, 5.41) is 3.21. The number of carbonyl (C=O) groups excluding carboxylic acids is 2. The number of nitrogens with one attached hydrogen (secondary N) is 1. The van der Waals surface area contributed by atoms with Gasteiger partial charge >= 0.3 is 0 Å². The summed E-state index contributed by atoms with van der Waals surface area (Å²) in [7, 11) is 0. The third kappa shape index (κ3) is 4.49. The van der Waals surface area contributed by atoms with Crippen LogP contribution in [0.1, 0.15) is 30.0 Å². The lowest BCUT2D eigenvalue weighted by Gasteiger charge is -2.20. The number of likely N-dealkylation sites (N-methyl/N-ethyl adjacent to an activating group) is 1. The van der Waals surface area contributed by atoms with E-state index in [0.717, 1.165) is 0 Å². The standard InChI is InChI=1S/C18H19ClN2O3/c1-3-21(4-2)18(23)16(12-15-6-5-11-24-15)20-17(22)13-7-9-14(19)10-8-13/h5-12H,3-4H2,1-2H3,(H,20,22). The Morgan fingerprint density at radius 2 is 1.83 bits per heavy atom. The highest BCUT2D eigenvalue weighted by Crippen LogP contribution is 2.12. The molecule has 0 aliphatic rings. The van der Waals surface area contributed by atoms with Gasteiger partial charge in [-0.15, -0.1) is 0 Å². The number of benzene rings is 1. The van der Waals surface area contributed by atoms with Crippen molar-refractivity contribution >= 4 is 29.5 Å². The fraction of sp³-hybridized carbons (Fsp3) is 0.222. The molecule has 0 unspecified atom stereocenters. The predicted octanol–water partition coefficient (Wildman–Crippen LogP) is 3.57. The van der Waals surface area contributed by atoms with Crippen molar-refractivity contribution < 1.29 is 14.0 Å². The molecule has 2 amide bonds. The number of hydrogen-bond acceptors (Lipinski definition) is 3. The molecule has 0 bridgehead atoms. The van der Waals surface area contributed by atoms with Crippen LogP contribution in [-0.2, 0) is 4.79 Å². The van der Waals surface area contributed by atoms with Crippen LogP contribution in [0.15, 0.2) is 52.8 Å². The summed E-state index contributed by atoms with van der Waals surface area (Å²) in [6, 6.07) is 9.88. The van der Waals surface area contributed by atoms with E-state index >= 15 is 0 Å². The summed E-state index contributed by atoms with van der Waals surface area (Å²) in [5.41, 5.74) is 0.575. The lowest BCUT2D eigenvalue weighted by Crippen LogP contribution is -2.38. The minimum absolute atomic E-state index is 0.161. The van der Waals surface area contributed by atoms with E-state index in [9.17, 15) is 9.59 Å². The van der Waals surface area contributed by atoms with Crippen LogP contribution >= 0.6 is 11.6 Å². The Balaban J connectivity index is 2.27. The number of carbonyl (C=O) groups is 2. The largest absolute Gasteiger partial charge is 0.465 e. The van der Waals surface area contributed by atoms with E-state index in [-0.39, 0.29) is 17.5 Å². The van der Waals surface area contributed by atoms with Crippen molar-refractivity contribution in [3.8, 4) is 0 Å². The van der Waals surface area contributed by atoms with Crippen molar-refractivity contribution in [2.45, 2.75) is 13.8 Å². The molecule has 0 fully saturated rings. The molecule has 0 spiro atoms. The zero-order chi connectivity index (χ0) is 17.5. The summed E-state index contributed by atoms with van der Waals surface area (Å²) in [6.07, 6.45) is 3.03. The maximum Gasteiger partial charge on any atom is 0.270 e. The molecular formula is C18H19ClN2O3. The van der Waals surface area contributed by atoms with Gasteiger partial charge in [0.25, 0.3) is 11.8 Å². The Bertz CT molecular complexity index is 717. The number of furan rings is 1. The number of amides is 2. The molecule has 1 heterocycles. The normalized spacial score (nSPS) is 11.2. The maximum absolute atomic E-state index is 12.6. The first-order chi connectivity index (χ1) is 11.5. The number of rotatable bonds is 6. The average molecular weight is 347 g/mol. The zero-order valence-electron chi connectivity index (χ0n) is 13.6. The Morgan fingerprint density at radius 3 is 2.38 bits per heavy atom. The quantitative estimate of drug-likeness (QED) is 0.813. The molecule has 0 saturated heterocycles. The van der Waals surface area contributed by atoms with E-state index in [2.05, 4.69) is 5.32 Å². The van der Waals surface area contributed by atoms with Gasteiger partial charge in [0.05, 0.1) is 6.26 Å². The summed E-state index contributed by atoms with van der Waals surface area (Å²) in [4.78, 5) is 26.7. The summed E-state index contributed by atoms with van der Waals surface area (Å²) in [6.45, 7) is 4.85. The first-order valence-electron chi connectivity index (χ1n) is 7.66. The fourth-order valence-electron chi connectivity index (χ4n) is 2.14. The maximum atomic E-state index is 12.6. The SMILES string of the molecule is CCN(CC)C(=O)C(=Cc1ccco1)NC(=O)c1ccc(Cl)cc1. The van der Waals surface area contributed by atoms with Crippen molar-refractivity contribution in [1.29, 1.82) is 0 Å². The number of nitrogens with zero attached hydrogens (tertiary/aromatic N) is 1. The van der Waals surface area contributed by atoms with Crippen LogP contribution in [-0.4, -0.2) is 29.8 Å². The van der Waals surface area contributed by atoms with E-state index in [1.807, 2.05) is 13.8 Å². The second-order valence-corrected chi connectivity index (χ2v) is 5.45. The second kappa shape index (κ2) is 8.36. The van der Waals surface area contributed by atoms with Crippen molar-refractivity contribution in [2.75, 3.05) is 13.1 Å². The molecule has 2 aromatic rings. The summed E-state index contributed by atoms with van der Waals surface area (Å²) >= 11 is 5.83. The molecule has 0 atom stereocenters. The first kappa shape index (κ1) is 17.8. The van der Waals surface area contributed by atoms with E-state index in [4.69, 9.17) is 16.0 Å². The number of hydrogen-bond donors (Lipinski definition) is 1. The van der Waals surface area contributed by atoms with E-state index < -0.39 is 0 Å². The highest BCUT2D eigenvalue weighted by molar-refractivity contribution is 6.30. The molecule has 0 radical (unpaired) electrons. The van der Waals surface area contributed by atoms with E-state index in [1.54, 1.807) is 41.3 Å². The van der Waals surface area contributed by atoms with Crippen molar-refractivity contribution in [1.82, 2.24) is 10.2 Å². The Labute approximate surface area is 145 Å². The minimum atomic E-state index is -0.384. The van der Waals surface area contributed by atoms with Gasteiger partial charge in [0.15, 0.2) is 0 Å². The van der Waals surface area contributed by atoms with Crippen molar-refractivity contribution in [3.05, 3.63) is 64.7 Å². The van der Waals surface area contributed by atoms with Crippen LogP contribution in [0, 0.1) is 0 Å². The van der Waals surface area contributed by atoms with Gasteiger partial charge in [-0.2, -0.15) is 0 Å². The molecule has 0 aliphatic carbocycles. The smallest absolute Gasteiger partial charge is 0.270 e. The van der Waals surface area contributed by atoms with Crippen LogP contribution in [0.4, 0.5) is 0 Å². The van der Waals surface area contributed by atoms with Gasteiger partial charge in [0, 0.05) is 29.8 Å². The highest BCUT2D eigenvalue weighted by atomic mass is 35.5. The van der Waals surface area contributed by atoms with Crippen LogP contribution in [0.25, 0.3) is 6.08 Å². The third-order valence-corrected chi connectivity index (χ3v) is 3.72. The molecule has 126 valence electrons. The van der Waals surface area contributed by atoms with Gasteiger partial charge in [-0.3, -0.25) is 9.59 Å². The molecule has 6 heteroatoms. The Kier molecular flexibility index (Phi) is 6.21. The second-order valence-electron chi connectivity index (χ2n) is 5.01. The molecule has 0 saturated carbocycles. The molecule has 1 N–H and O–H groups in total. The Hall–Kier alpha value is -2.53. The monoisotopic (exact) mass is 346 g/mol. The van der Waals surface area contributed by atoms with Crippen LogP contribution < -0.4 is 5.32 Å². The molecular weight excluding hydrogens is 328 g/mol. The lowest BCUT2D eigenvalue weighted by atomic mass is 10.2. The van der Waals surface area contributed by atoms with Gasteiger partial charge in [0.1, 0.15) is 11.5 Å². The molecule has 5 nitrogen and oxygen atoms in total. The van der Waals surface area contributed by atoms with Crippen molar-refractivity contribution in [3.63, 3.8) is 0 Å². The fourth-order valence-corrected chi connectivity index (χ4v) is 2.27. The van der Waals surface area contributed by atoms with Crippen LogP contribution in [0.5, 0.6) is 0 Å². The van der Waals surface area contributed by atoms with Gasteiger partial charge in [-0.05, 0) is 50.2 Å². The zero-order valence-corrected chi connectivity index (χ0v) is 14.3. The van der Waals surface area contributed by atoms with E-state index in [0.29, 0.717) is 29.4 Å². The molecule has 2 rings (SSSR count). The lowest BCUT2D eigenvalue weighted by molar-refractivity contribution is -0.127. The average Bonchev–Trinajstić information content (AvgIpc) is 3.09. The van der Waals surface area contributed by atoms with Crippen molar-refractivity contribution in [2.24, 2.45) is 0 Å². The number of halogens is 1. The van der Waals surface area contributed by atoms with Crippen LogP contribution in [0.2, 0.25) is 5.02 Å². The summed E-state index contributed by atoms with van der Waals surface area (Å²) < 4.78 is 5.25. The first-order valence-corrected chi connectivity index (χ1v) is 8.04. The minimum Gasteiger partial charge on any atom is -0.465 e. The summed E-state index contributed by atoms with van der Waals surface area (Å²) in [5.74, 6) is -0.161. The third-order valence-electron chi connectivity index (χ3n) is 3.47. The molecule has 24 heavy (non-hydrogen) atoms. The van der Waals surface area contributed by atoms with Gasteiger partial charge in [0.2, 0.25) is 0 Å². The van der Waals surface area contributed by atoms with Crippen LogP contribution in [0.3, 0.4) is 0 Å². The van der Waals surface area contributed by atoms with E-state index in [1.165, 1.54) is 12.3 Å². The van der Waals surface area contributed by atoms with Gasteiger partial charge in [-0.1, -0.05) is 11.6 Å². The molecule has 1 aromatic heterocycles. The highest BCUT2D eigenvalue weighted by Gasteiger charge is 2.19. The molecule has 0 aliphatic heterocycles. The van der Waals surface area contributed by atoms with Gasteiger partial charge < -0.3 is 14.6 Å². The Morgan fingerprint density at radius 1 is 1.17 bits per heavy atom. The van der Waals surface area contributed by atoms with Gasteiger partial charge in [-0.25, -0.2) is 0 Å².